The predicted octanol–water partition coefficient (Wildman–Crippen LogP) is 0.955. The van der Waals surface area contributed by atoms with Crippen molar-refractivity contribution < 1.29 is 51.9 Å². The van der Waals surface area contributed by atoms with Gasteiger partial charge in [0.1, 0.15) is 24.2 Å². The van der Waals surface area contributed by atoms with E-state index in [9.17, 15) is 28.6 Å². The third-order valence-electron chi connectivity index (χ3n) is 4.21. The van der Waals surface area contributed by atoms with Gasteiger partial charge in [-0.15, -0.1) is 0 Å². The van der Waals surface area contributed by atoms with Crippen molar-refractivity contribution in [2.45, 2.75) is 27.6 Å². The van der Waals surface area contributed by atoms with E-state index in [0.717, 1.165) is 0 Å². The van der Waals surface area contributed by atoms with E-state index in [1.165, 1.54) is 17.2 Å². The fraction of sp³-hybridized carbons (Fsp3) is 0.545. The Labute approximate surface area is 195 Å². The summed E-state index contributed by atoms with van der Waals surface area (Å²) in [5, 5.41) is 10.2. The number of imidazole rings is 1. The number of anilines is 1. The van der Waals surface area contributed by atoms with Gasteiger partial charge in [-0.2, -0.15) is 0 Å². The molecule has 2 unspecified atom stereocenters. The molecule has 7 N–H and O–H groups in total. The number of halogens is 2. The van der Waals surface area contributed by atoms with Gasteiger partial charge in [0.2, 0.25) is 0 Å². The van der Waals surface area contributed by atoms with Crippen LogP contribution in [0.15, 0.2) is 12.7 Å². The second-order valence-electron chi connectivity index (χ2n) is 6.44. The number of ether oxygens (including phenoxy) is 1. The van der Waals surface area contributed by atoms with Crippen molar-refractivity contribution in [3.05, 3.63) is 12.7 Å². The molecule has 2 aromatic rings. The number of rotatable bonds is 8. The van der Waals surface area contributed by atoms with E-state index in [4.69, 9.17) is 20.3 Å². The molecule has 21 heteroatoms. The number of phosphoric acid groups is 1. The fourth-order valence-corrected chi connectivity index (χ4v) is 7.51. The molecule has 2 aromatic heterocycles. The number of nitrogens with zero attached hydrogens (tertiary/aromatic N) is 4. The Balaban J connectivity index is 1.68. The minimum absolute atomic E-state index is 0.00257. The Kier molecular flexibility index (Phi) is 7.43. The largest absolute Gasteiger partial charge is 0.479 e. The number of hydrogen-bond acceptors (Lipinski definition) is 11. The molecule has 16 nitrogen and oxygen atoms in total. The molecule has 1 aliphatic heterocycles. The van der Waals surface area contributed by atoms with Crippen LogP contribution in [0.4, 0.5) is 5.82 Å². The molecule has 0 amide bonds. The summed E-state index contributed by atoms with van der Waals surface area (Å²) in [7, 11) is -16.2. The van der Waals surface area contributed by atoms with Crippen LogP contribution in [0.3, 0.4) is 0 Å². The number of aromatic nitrogens is 4. The van der Waals surface area contributed by atoms with E-state index in [2.05, 4.69) is 55.6 Å². The number of nitrogen functional groups attached to an aromatic ring is 1. The first-order valence-corrected chi connectivity index (χ1v) is 14.5. The van der Waals surface area contributed by atoms with Crippen LogP contribution in [-0.2, 0) is 27.3 Å². The summed E-state index contributed by atoms with van der Waals surface area (Å²) in [6, 6.07) is 0. The maximum absolute atomic E-state index is 12.1. The van der Waals surface area contributed by atoms with E-state index >= 15 is 0 Å². The summed E-state index contributed by atoms with van der Waals surface area (Å²) < 4.78 is 48.3. The molecule has 0 spiro atoms. The number of aliphatic hydroxyl groups is 1. The van der Waals surface area contributed by atoms with Gasteiger partial charge >= 0.3 is 23.0 Å². The van der Waals surface area contributed by atoms with Crippen molar-refractivity contribution in [3.63, 3.8) is 0 Å². The third kappa shape index (κ3) is 5.18. The second kappa shape index (κ2) is 9.04. The molecule has 180 valence electrons. The average Bonchev–Trinajstić information content (AvgIpc) is 3.22. The number of alkyl halides is 2. The van der Waals surface area contributed by atoms with E-state index in [1.807, 2.05) is 0 Å². The van der Waals surface area contributed by atoms with Crippen LogP contribution in [0.25, 0.3) is 11.2 Å². The summed E-state index contributed by atoms with van der Waals surface area (Å²) in [6.07, 6.45) is -0.625. The summed E-state index contributed by atoms with van der Waals surface area (Å²) in [6.45, 7) is -0.775. The van der Waals surface area contributed by atoms with Gasteiger partial charge in [0, 0.05) is 6.42 Å². The van der Waals surface area contributed by atoms with Crippen LogP contribution in [0.5, 0.6) is 0 Å². The van der Waals surface area contributed by atoms with Gasteiger partial charge in [0.25, 0.3) is 2.72 Å². The Bertz CT molecular complexity index is 1160. The minimum Gasteiger partial charge on any atom is -0.390 e. The van der Waals surface area contributed by atoms with E-state index in [0.29, 0.717) is 11.2 Å². The molecule has 0 aromatic carbocycles. The number of phosphoric ester groups is 1. The molecule has 0 radical (unpaired) electrons. The number of aliphatic hydroxyl groups excluding tert-OH is 1. The smallest absolute Gasteiger partial charge is 0.390 e. The predicted molar refractivity (Wildman–Crippen MR) is 114 cm³/mol. The summed E-state index contributed by atoms with van der Waals surface area (Å²) in [5.74, 6) is 0.129. The van der Waals surface area contributed by atoms with Gasteiger partial charge < -0.3 is 35.2 Å². The first kappa shape index (κ1) is 26.3. The molecule has 1 fully saturated rings. The Morgan fingerprint density at radius 1 is 1.22 bits per heavy atom. The van der Waals surface area contributed by atoms with Gasteiger partial charge in [0.05, 0.1) is 19.0 Å². The van der Waals surface area contributed by atoms with E-state index in [1.54, 1.807) is 0 Å². The number of fused-ring (bicyclic) bond motifs is 1. The van der Waals surface area contributed by atoms with Crippen molar-refractivity contribution >= 4 is 71.9 Å². The first-order valence-electron chi connectivity index (χ1n) is 8.27. The molecule has 0 bridgehead atoms. The zero-order valence-electron chi connectivity index (χ0n) is 15.5. The standard InChI is InChI=1S/C11H16Br2N5O11P3/c12-11(13,30(20,21)22)31(23,24)29-32(25,26)27-2-6-5(19)1-7(28-6)18-4-17-8-9(14)15-3-16-10(8)18/h3-7,19H,1-2H2,(H,23,24)(H,25,26)(H2,14,15,16)(H2,20,21,22)/t5-,6+,7+/m0/s1. The van der Waals surface area contributed by atoms with Crippen LogP contribution >= 0.6 is 54.9 Å². The van der Waals surface area contributed by atoms with Crippen molar-refractivity contribution in [2.75, 3.05) is 12.3 Å². The maximum atomic E-state index is 12.1. The highest BCUT2D eigenvalue weighted by Crippen LogP contribution is 2.81. The lowest BCUT2D eigenvalue weighted by Gasteiger charge is -2.27. The lowest BCUT2D eigenvalue weighted by Crippen LogP contribution is -2.26. The number of nitrogens with two attached hydrogens (primary N) is 1. The third-order valence-corrected chi connectivity index (χ3v) is 14.8. The van der Waals surface area contributed by atoms with Crippen LogP contribution < -0.4 is 5.73 Å². The maximum Gasteiger partial charge on any atom is 0.479 e. The second-order valence-corrected chi connectivity index (χ2v) is 18.0. The van der Waals surface area contributed by atoms with E-state index in [-0.39, 0.29) is 12.2 Å². The quantitative estimate of drug-likeness (QED) is 0.172. The van der Waals surface area contributed by atoms with Gasteiger partial charge in [-0.25, -0.2) is 23.8 Å². The minimum atomic E-state index is -5.51. The SMILES string of the molecule is Nc1ncnc2c1ncn2[C@H]1C[C@H](O)[C@@H](COP(=O)(O)OP(=O)(O)C(Br)(Br)P(=O)(O)O)O1. The van der Waals surface area contributed by atoms with Crippen LogP contribution in [0.1, 0.15) is 12.6 Å². The van der Waals surface area contributed by atoms with Crippen LogP contribution in [-0.4, -0.2) is 65.7 Å². The molecular formula is C11H16Br2N5O11P3. The van der Waals surface area contributed by atoms with E-state index < -0.39 is 50.8 Å². The monoisotopic (exact) mass is 645 g/mol. The van der Waals surface area contributed by atoms with Crippen molar-refractivity contribution in [1.82, 2.24) is 19.5 Å². The topological polar surface area (TPSA) is 250 Å². The summed E-state index contributed by atoms with van der Waals surface area (Å²) >= 11 is 4.59. The van der Waals surface area contributed by atoms with Crippen molar-refractivity contribution in [3.8, 4) is 0 Å². The Morgan fingerprint density at radius 3 is 2.50 bits per heavy atom. The summed E-state index contributed by atoms with van der Waals surface area (Å²) in [5.41, 5.74) is 6.34. The highest BCUT2D eigenvalue weighted by Gasteiger charge is 2.61. The normalized spacial score (nSPS) is 26.2. The Morgan fingerprint density at radius 2 is 1.88 bits per heavy atom. The van der Waals surface area contributed by atoms with Gasteiger partial charge in [0.15, 0.2) is 11.5 Å². The molecule has 5 atom stereocenters. The molecular weight excluding hydrogens is 631 g/mol. The van der Waals surface area contributed by atoms with Crippen molar-refractivity contribution in [2.24, 2.45) is 0 Å². The van der Waals surface area contributed by atoms with Crippen LogP contribution in [0, 0.1) is 0 Å². The molecule has 0 saturated carbocycles. The van der Waals surface area contributed by atoms with Gasteiger partial charge in [-0.05, 0) is 31.9 Å². The molecule has 3 rings (SSSR count). The molecule has 1 aliphatic rings. The Hall–Kier alpha value is -0.320. The zero-order valence-corrected chi connectivity index (χ0v) is 21.3. The molecule has 3 heterocycles. The van der Waals surface area contributed by atoms with Gasteiger partial charge in [-0.3, -0.25) is 18.2 Å². The average molecular weight is 647 g/mol. The molecule has 1 saturated heterocycles. The lowest BCUT2D eigenvalue weighted by molar-refractivity contribution is -0.0421. The highest BCUT2D eigenvalue weighted by molar-refractivity contribution is 9.29. The molecule has 32 heavy (non-hydrogen) atoms. The summed E-state index contributed by atoms with van der Waals surface area (Å²) in [4.78, 5) is 49.7. The lowest BCUT2D eigenvalue weighted by atomic mass is 10.2. The first-order chi connectivity index (χ1) is 14.6. The highest BCUT2D eigenvalue weighted by atomic mass is 79.9. The molecule has 0 aliphatic carbocycles. The number of hydrogen-bond donors (Lipinski definition) is 6. The van der Waals surface area contributed by atoms with Crippen LogP contribution in [0.2, 0.25) is 0 Å². The fourth-order valence-electron chi connectivity index (χ4n) is 2.66. The van der Waals surface area contributed by atoms with Crippen molar-refractivity contribution in [1.29, 1.82) is 0 Å². The zero-order chi connectivity index (χ0) is 24.1. The van der Waals surface area contributed by atoms with Gasteiger partial charge in [-0.1, -0.05) is 0 Å².